The first kappa shape index (κ1) is 18.4. The van der Waals surface area contributed by atoms with Gasteiger partial charge in [-0.3, -0.25) is 14.6 Å². The molecule has 0 aliphatic carbocycles. The van der Waals surface area contributed by atoms with Gasteiger partial charge in [-0.05, 0) is 24.6 Å². The van der Waals surface area contributed by atoms with Gasteiger partial charge in [0, 0.05) is 5.56 Å². The minimum Gasteiger partial charge on any atom is -0.504 e. The van der Waals surface area contributed by atoms with Crippen LogP contribution < -0.4 is 10.1 Å². The smallest absolute Gasteiger partial charge is 0.321 e. The number of esters is 1. The monoisotopic (exact) mass is 368 g/mol. The number of carbonyl (C=O) groups is 2. The fourth-order valence-electron chi connectivity index (χ4n) is 2.94. The highest BCUT2D eigenvalue weighted by atomic mass is 16.5. The summed E-state index contributed by atoms with van der Waals surface area (Å²) in [6.45, 7) is 1.83. The van der Waals surface area contributed by atoms with Crippen LogP contribution in [0.5, 0.6) is 11.5 Å². The van der Waals surface area contributed by atoms with E-state index in [0.29, 0.717) is 11.4 Å². The van der Waals surface area contributed by atoms with Crippen LogP contribution in [0.15, 0.2) is 53.5 Å². The summed E-state index contributed by atoms with van der Waals surface area (Å²) in [5, 5.41) is 12.5. The van der Waals surface area contributed by atoms with E-state index in [1.165, 1.54) is 13.2 Å². The lowest BCUT2D eigenvalue weighted by Gasteiger charge is -2.28. The predicted molar refractivity (Wildman–Crippen MR) is 98.6 cm³/mol. The molecule has 1 aliphatic rings. The Morgan fingerprint density at radius 2 is 1.96 bits per heavy atom. The molecule has 7 nitrogen and oxygen atoms in total. The van der Waals surface area contributed by atoms with Crippen LogP contribution in [-0.4, -0.2) is 36.5 Å². The number of aromatic hydroxyl groups is 1. The summed E-state index contributed by atoms with van der Waals surface area (Å²) in [7, 11) is 1.42. The second-order valence-corrected chi connectivity index (χ2v) is 5.94. The maximum atomic E-state index is 12.7. The van der Waals surface area contributed by atoms with Crippen molar-refractivity contribution in [1.29, 1.82) is 0 Å². The Bertz CT molecular complexity index is 879. The average molecular weight is 368 g/mol. The van der Waals surface area contributed by atoms with Gasteiger partial charge in [0.15, 0.2) is 17.4 Å². The van der Waals surface area contributed by atoms with Crippen molar-refractivity contribution in [3.05, 3.63) is 59.7 Å². The second kappa shape index (κ2) is 7.90. The van der Waals surface area contributed by atoms with Gasteiger partial charge in [-0.2, -0.15) is 0 Å². The number of rotatable bonds is 5. The third kappa shape index (κ3) is 3.76. The van der Waals surface area contributed by atoms with Crippen molar-refractivity contribution >= 4 is 17.7 Å². The van der Waals surface area contributed by atoms with Crippen molar-refractivity contribution in [2.45, 2.75) is 13.0 Å². The Balaban J connectivity index is 2.09. The molecule has 0 radical (unpaired) electrons. The summed E-state index contributed by atoms with van der Waals surface area (Å²) in [5.74, 6) is -1.70. The number of phenols is 1. The Morgan fingerprint density at radius 1 is 1.22 bits per heavy atom. The summed E-state index contributed by atoms with van der Waals surface area (Å²) >= 11 is 0. The molecule has 2 aromatic carbocycles. The molecule has 140 valence electrons. The van der Waals surface area contributed by atoms with Gasteiger partial charge >= 0.3 is 5.97 Å². The maximum absolute atomic E-state index is 12.7. The van der Waals surface area contributed by atoms with Gasteiger partial charge in [0.1, 0.15) is 5.84 Å². The summed E-state index contributed by atoms with van der Waals surface area (Å²) in [6.07, 6.45) is 0. The van der Waals surface area contributed by atoms with E-state index in [9.17, 15) is 14.7 Å². The predicted octanol–water partition coefficient (Wildman–Crippen LogP) is 2.20. The van der Waals surface area contributed by atoms with Gasteiger partial charge in [-0.15, -0.1) is 0 Å². The number of phenolic OH excluding ortho intramolecular Hbond substituents is 1. The van der Waals surface area contributed by atoms with Gasteiger partial charge in [0.25, 0.3) is 0 Å². The largest absolute Gasteiger partial charge is 0.504 e. The zero-order valence-corrected chi connectivity index (χ0v) is 15.0. The molecule has 0 saturated carbocycles. The zero-order chi connectivity index (χ0) is 19.4. The van der Waals surface area contributed by atoms with Gasteiger partial charge in [0.05, 0.1) is 19.8 Å². The van der Waals surface area contributed by atoms with Crippen LogP contribution in [0.2, 0.25) is 0 Å². The number of nitrogens with one attached hydrogen (secondary N) is 1. The van der Waals surface area contributed by atoms with Crippen LogP contribution in [0.25, 0.3) is 0 Å². The number of nitrogens with zero attached hydrogens (tertiary/aromatic N) is 1. The molecule has 0 aromatic heterocycles. The van der Waals surface area contributed by atoms with Crippen LogP contribution >= 0.6 is 0 Å². The number of hydrogen-bond donors (Lipinski definition) is 2. The van der Waals surface area contributed by atoms with E-state index in [-0.39, 0.29) is 18.1 Å². The summed E-state index contributed by atoms with van der Waals surface area (Å²) in [6, 6.07) is 13.0. The van der Waals surface area contributed by atoms with Crippen molar-refractivity contribution in [2.24, 2.45) is 10.9 Å². The topological polar surface area (TPSA) is 97.2 Å². The molecule has 0 unspecified atom stereocenters. The Morgan fingerprint density at radius 3 is 2.63 bits per heavy atom. The third-order valence-corrected chi connectivity index (χ3v) is 4.24. The molecule has 27 heavy (non-hydrogen) atoms. The number of hydrogen-bond acceptors (Lipinski definition) is 6. The van der Waals surface area contributed by atoms with Crippen LogP contribution in [0.3, 0.4) is 0 Å². The fourth-order valence-corrected chi connectivity index (χ4v) is 2.94. The summed E-state index contributed by atoms with van der Waals surface area (Å²) < 4.78 is 10.2. The molecule has 1 amide bonds. The Labute approximate surface area is 156 Å². The van der Waals surface area contributed by atoms with Crippen LogP contribution in [0.1, 0.15) is 24.1 Å². The van der Waals surface area contributed by atoms with Gasteiger partial charge in [0.2, 0.25) is 5.91 Å². The van der Waals surface area contributed by atoms with E-state index >= 15 is 0 Å². The van der Waals surface area contributed by atoms with E-state index in [1.807, 2.05) is 30.3 Å². The van der Waals surface area contributed by atoms with Crippen molar-refractivity contribution in [2.75, 3.05) is 13.7 Å². The molecule has 0 fully saturated rings. The zero-order valence-electron chi connectivity index (χ0n) is 15.0. The maximum Gasteiger partial charge on any atom is 0.321 e. The van der Waals surface area contributed by atoms with Gasteiger partial charge in [-0.1, -0.05) is 36.4 Å². The van der Waals surface area contributed by atoms with Crippen LogP contribution in [0, 0.1) is 5.92 Å². The van der Waals surface area contributed by atoms with Crippen molar-refractivity contribution < 1.29 is 24.2 Å². The standard InChI is InChI=1S/C20H20N2O5/c1-3-27-20(25)16-17(13-9-10-14(23)15(11-13)26-2)21-18(22-19(16)24)12-7-5-4-6-8-12/h4-11,16-17,23H,3H2,1-2H3,(H,21,22,24)/t16-,17-/m0/s1. The lowest BCUT2D eigenvalue weighted by Crippen LogP contribution is -2.47. The second-order valence-electron chi connectivity index (χ2n) is 5.94. The number of methoxy groups -OCH3 is 1. The SMILES string of the molecule is CCOC(=O)[C@@H]1C(=O)NC(c2ccccc2)=N[C@H]1c1ccc(O)c(OC)c1. The molecular formula is C20H20N2O5. The molecule has 2 N–H and O–H groups in total. The lowest BCUT2D eigenvalue weighted by atomic mass is 9.90. The Hall–Kier alpha value is -3.35. The first-order valence-electron chi connectivity index (χ1n) is 8.52. The number of benzene rings is 2. The molecule has 1 aliphatic heterocycles. The molecular weight excluding hydrogens is 348 g/mol. The number of amidine groups is 1. The number of aliphatic imine (C=N–C) groups is 1. The average Bonchev–Trinajstić information content (AvgIpc) is 2.68. The van der Waals surface area contributed by atoms with E-state index in [2.05, 4.69) is 10.3 Å². The van der Waals surface area contributed by atoms with Crippen molar-refractivity contribution in [1.82, 2.24) is 5.32 Å². The first-order valence-corrected chi connectivity index (χ1v) is 8.52. The fraction of sp³-hybridized carbons (Fsp3) is 0.250. The normalized spacial score (nSPS) is 19.0. The highest BCUT2D eigenvalue weighted by Crippen LogP contribution is 2.36. The van der Waals surface area contributed by atoms with Gasteiger partial charge < -0.3 is 19.9 Å². The summed E-state index contributed by atoms with van der Waals surface area (Å²) in [4.78, 5) is 29.8. The molecule has 0 bridgehead atoms. The van der Waals surface area contributed by atoms with E-state index in [0.717, 1.165) is 5.56 Å². The van der Waals surface area contributed by atoms with Crippen molar-refractivity contribution in [3.63, 3.8) is 0 Å². The Kier molecular flexibility index (Phi) is 5.40. The van der Waals surface area contributed by atoms with E-state index in [1.54, 1.807) is 19.1 Å². The lowest BCUT2D eigenvalue weighted by molar-refractivity contribution is -0.153. The van der Waals surface area contributed by atoms with Gasteiger partial charge in [-0.25, -0.2) is 0 Å². The minimum absolute atomic E-state index is 0.0403. The first-order chi connectivity index (χ1) is 13.0. The quantitative estimate of drug-likeness (QED) is 0.623. The van der Waals surface area contributed by atoms with E-state index in [4.69, 9.17) is 9.47 Å². The van der Waals surface area contributed by atoms with E-state index < -0.39 is 23.8 Å². The highest BCUT2D eigenvalue weighted by molar-refractivity contribution is 6.14. The van der Waals surface area contributed by atoms with Crippen LogP contribution in [0.4, 0.5) is 0 Å². The third-order valence-electron chi connectivity index (χ3n) is 4.24. The number of amides is 1. The molecule has 0 spiro atoms. The minimum atomic E-state index is -1.13. The molecule has 3 rings (SSSR count). The molecule has 2 aromatic rings. The van der Waals surface area contributed by atoms with Crippen molar-refractivity contribution in [3.8, 4) is 11.5 Å². The summed E-state index contributed by atoms with van der Waals surface area (Å²) in [5.41, 5.74) is 1.29. The molecule has 7 heteroatoms. The number of ether oxygens (including phenoxy) is 2. The molecule has 1 heterocycles. The number of carbonyl (C=O) groups excluding carboxylic acids is 2. The molecule has 2 atom stereocenters. The van der Waals surface area contributed by atoms with Crippen LogP contribution in [-0.2, 0) is 14.3 Å². The highest BCUT2D eigenvalue weighted by Gasteiger charge is 2.41. The molecule has 0 saturated heterocycles.